The van der Waals surface area contributed by atoms with Crippen LogP contribution < -0.4 is 15.4 Å². The Kier molecular flexibility index (Phi) is 5.98. The maximum atomic E-state index is 12.6. The van der Waals surface area contributed by atoms with Crippen molar-refractivity contribution in [1.29, 1.82) is 0 Å². The number of carbonyl (C=O) groups excluding carboxylic acids is 3. The molecule has 1 aliphatic heterocycles. The van der Waals surface area contributed by atoms with Gasteiger partial charge in [-0.2, -0.15) is 0 Å². The number of carbonyl (C=O) groups is 3. The van der Waals surface area contributed by atoms with Crippen molar-refractivity contribution >= 4 is 17.8 Å². The Bertz CT molecular complexity index is 713. The lowest BCUT2D eigenvalue weighted by molar-refractivity contribution is -0.131. The molecule has 7 nitrogen and oxygen atoms in total. The van der Waals surface area contributed by atoms with Gasteiger partial charge in [-0.1, -0.05) is 25.8 Å². The van der Waals surface area contributed by atoms with Crippen LogP contribution in [0.15, 0.2) is 24.3 Å². The Morgan fingerprint density at radius 1 is 1.30 bits per heavy atom. The lowest BCUT2D eigenvalue weighted by Crippen LogP contribution is -2.44. The van der Waals surface area contributed by atoms with Gasteiger partial charge in [0.05, 0.1) is 6.61 Å². The monoisotopic (exact) mass is 373 g/mol. The minimum Gasteiger partial charge on any atom is -0.494 e. The minimum atomic E-state index is -0.667. The molecule has 1 saturated carbocycles. The van der Waals surface area contributed by atoms with Crippen molar-refractivity contribution in [1.82, 2.24) is 15.5 Å². The average Bonchev–Trinajstić information content (AvgIpc) is 3.23. The topological polar surface area (TPSA) is 87.7 Å². The van der Waals surface area contributed by atoms with E-state index in [1.54, 1.807) is 18.2 Å². The fourth-order valence-electron chi connectivity index (χ4n) is 3.68. The molecular formula is C20H27N3O4. The van der Waals surface area contributed by atoms with Gasteiger partial charge >= 0.3 is 6.03 Å². The van der Waals surface area contributed by atoms with E-state index in [0.29, 0.717) is 37.4 Å². The zero-order valence-corrected chi connectivity index (χ0v) is 15.8. The van der Waals surface area contributed by atoms with Crippen LogP contribution in [0.25, 0.3) is 0 Å². The molecule has 1 heterocycles. The standard InChI is InChI=1S/C20H27N3O4/c1-2-13-27-16-8-5-7-15(14-16)17(24)21-11-6-12-23-18(25)20(22-19(23)26)9-3-4-10-20/h5,7-8,14H,2-4,6,9-13H2,1H3,(H,21,24)(H,22,26). The van der Waals surface area contributed by atoms with Gasteiger partial charge in [0, 0.05) is 18.7 Å². The van der Waals surface area contributed by atoms with Crippen LogP contribution in [0, 0.1) is 0 Å². The molecule has 2 N–H and O–H groups in total. The normalized spacial score (nSPS) is 18.0. The largest absolute Gasteiger partial charge is 0.494 e. The Labute approximate surface area is 159 Å². The van der Waals surface area contributed by atoms with E-state index in [1.807, 2.05) is 13.0 Å². The van der Waals surface area contributed by atoms with Crippen LogP contribution in [0.3, 0.4) is 0 Å². The molecule has 2 aliphatic rings. The first-order valence-corrected chi connectivity index (χ1v) is 9.71. The van der Waals surface area contributed by atoms with Crippen LogP contribution in [-0.4, -0.2) is 48.0 Å². The summed E-state index contributed by atoms with van der Waals surface area (Å²) in [7, 11) is 0. The Morgan fingerprint density at radius 2 is 2.07 bits per heavy atom. The molecule has 3 rings (SSSR count). The van der Waals surface area contributed by atoms with Crippen molar-refractivity contribution in [2.24, 2.45) is 0 Å². The zero-order chi connectivity index (χ0) is 19.3. The summed E-state index contributed by atoms with van der Waals surface area (Å²) < 4.78 is 5.54. The van der Waals surface area contributed by atoms with E-state index in [0.717, 1.165) is 32.1 Å². The number of hydrogen-bond acceptors (Lipinski definition) is 4. The number of amides is 4. The van der Waals surface area contributed by atoms with Crippen molar-refractivity contribution in [2.75, 3.05) is 19.7 Å². The zero-order valence-electron chi connectivity index (χ0n) is 15.8. The summed E-state index contributed by atoms with van der Waals surface area (Å²) in [6.45, 7) is 3.34. The molecule has 1 saturated heterocycles. The smallest absolute Gasteiger partial charge is 0.325 e. The number of rotatable bonds is 8. The Balaban J connectivity index is 1.45. The van der Waals surface area contributed by atoms with Crippen molar-refractivity contribution in [3.8, 4) is 5.75 Å². The Morgan fingerprint density at radius 3 is 2.81 bits per heavy atom. The summed E-state index contributed by atoms with van der Waals surface area (Å²) in [6, 6.07) is 6.74. The fourth-order valence-corrected chi connectivity index (χ4v) is 3.68. The first kappa shape index (κ1) is 19.2. The van der Waals surface area contributed by atoms with Crippen molar-refractivity contribution < 1.29 is 19.1 Å². The molecule has 1 spiro atoms. The Hall–Kier alpha value is -2.57. The van der Waals surface area contributed by atoms with Gasteiger partial charge in [-0.05, 0) is 43.9 Å². The second-order valence-corrected chi connectivity index (χ2v) is 7.16. The number of hydrogen-bond donors (Lipinski definition) is 2. The van der Waals surface area contributed by atoms with Crippen LogP contribution in [0.4, 0.5) is 4.79 Å². The summed E-state index contributed by atoms with van der Waals surface area (Å²) >= 11 is 0. The fraction of sp³-hybridized carbons (Fsp3) is 0.550. The molecule has 27 heavy (non-hydrogen) atoms. The predicted molar refractivity (Wildman–Crippen MR) is 101 cm³/mol. The molecule has 2 fully saturated rings. The van der Waals surface area contributed by atoms with Crippen LogP contribution >= 0.6 is 0 Å². The number of urea groups is 1. The summed E-state index contributed by atoms with van der Waals surface area (Å²) in [5, 5.41) is 5.70. The first-order valence-electron chi connectivity index (χ1n) is 9.71. The summed E-state index contributed by atoms with van der Waals surface area (Å²) in [5.74, 6) is 0.365. The van der Waals surface area contributed by atoms with E-state index in [9.17, 15) is 14.4 Å². The van der Waals surface area contributed by atoms with Crippen molar-refractivity contribution in [3.05, 3.63) is 29.8 Å². The molecular weight excluding hydrogens is 346 g/mol. The molecule has 1 aromatic carbocycles. The van der Waals surface area contributed by atoms with Crippen LogP contribution in [-0.2, 0) is 4.79 Å². The van der Waals surface area contributed by atoms with Crippen LogP contribution in [0.5, 0.6) is 5.75 Å². The maximum absolute atomic E-state index is 12.6. The second kappa shape index (κ2) is 8.41. The van der Waals surface area contributed by atoms with E-state index in [2.05, 4.69) is 10.6 Å². The van der Waals surface area contributed by atoms with E-state index in [-0.39, 0.29) is 17.8 Å². The quantitative estimate of drug-likeness (QED) is 0.541. The number of nitrogens with one attached hydrogen (secondary N) is 2. The van der Waals surface area contributed by atoms with E-state index >= 15 is 0 Å². The third-order valence-corrected chi connectivity index (χ3v) is 5.12. The van der Waals surface area contributed by atoms with Crippen molar-refractivity contribution in [2.45, 2.75) is 51.0 Å². The molecule has 0 unspecified atom stereocenters. The molecule has 1 aliphatic carbocycles. The van der Waals surface area contributed by atoms with Gasteiger partial charge in [0.1, 0.15) is 11.3 Å². The molecule has 1 aromatic rings. The first-order chi connectivity index (χ1) is 13.1. The van der Waals surface area contributed by atoms with Gasteiger partial charge < -0.3 is 15.4 Å². The molecule has 0 bridgehead atoms. The highest BCUT2D eigenvalue weighted by molar-refractivity contribution is 6.07. The molecule has 4 amide bonds. The lowest BCUT2D eigenvalue weighted by atomic mass is 9.98. The van der Waals surface area contributed by atoms with Crippen molar-refractivity contribution in [3.63, 3.8) is 0 Å². The molecule has 146 valence electrons. The highest BCUT2D eigenvalue weighted by Gasteiger charge is 2.51. The van der Waals surface area contributed by atoms with Gasteiger partial charge in [-0.15, -0.1) is 0 Å². The number of benzene rings is 1. The summed E-state index contributed by atoms with van der Waals surface area (Å²) in [4.78, 5) is 38.2. The highest BCUT2D eigenvalue weighted by Crippen LogP contribution is 2.34. The van der Waals surface area contributed by atoms with Crippen LogP contribution in [0.2, 0.25) is 0 Å². The minimum absolute atomic E-state index is 0.114. The average molecular weight is 373 g/mol. The summed E-state index contributed by atoms with van der Waals surface area (Å²) in [5.41, 5.74) is -0.136. The molecule has 0 atom stereocenters. The SMILES string of the molecule is CCCOc1cccc(C(=O)NCCCN2C(=O)NC3(CCCC3)C2=O)c1. The van der Waals surface area contributed by atoms with Crippen LogP contribution in [0.1, 0.15) is 55.8 Å². The summed E-state index contributed by atoms with van der Waals surface area (Å²) in [6.07, 6.45) is 4.81. The highest BCUT2D eigenvalue weighted by atomic mass is 16.5. The van der Waals surface area contributed by atoms with Gasteiger partial charge in [-0.3, -0.25) is 14.5 Å². The van der Waals surface area contributed by atoms with E-state index in [4.69, 9.17) is 4.74 Å². The van der Waals surface area contributed by atoms with Gasteiger partial charge in [-0.25, -0.2) is 4.79 Å². The third-order valence-electron chi connectivity index (χ3n) is 5.12. The number of nitrogens with zero attached hydrogens (tertiary/aromatic N) is 1. The van der Waals surface area contributed by atoms with Gasteiger partial charge in [0.2, 0.25) is 0 Å². The number of imide groups is 1. The lowest BCUT2D eigenvalue weighted by Gasteiger charge is -2.20. The van der Waals surface area contributed by atoms with E-state index in [1.165, 1.54) is 4.90 Å². The van der Waals surface area contributed by atoms with Gasteiger partial charge in [0.15, 0.2) is 0 Å². The number of ether oxygens (including phenoxy) is 1. The molecule has 0 aromatic heterocycles. The second-order valence-electron chi connectivity index (χ2n) is 7.16. The predicted octanol–water partition coefficient (Wildman–Crippen LogP) is 2.46. The van der Waals surface area contributed by atoms with E-state index < -0.39 is 5.54 Å². The van der Waals surface area contributed by atoms with Gasteiger partial charge in [0.25, 0.3) is 11.8 Å². The molecule has 0 radical (unpaired) electrons. The molecule has 7 heteroatoms. The maximum Gasteiger partial charge on any atom is 0.325 e. The third kappa shape index (κ3) is 4.23.